The van der Waals surface area contributed by atoms with E-state index in [2.05, 4.69) is 10.6 Å². The number of hydrogen-bond acceptors (Lipinski definition) is 6. The molecule has 2 aromatic carbocycles. The fourth-order valence-electron chi connectivity index (χ4n) is 2.08. The molecular weight excluding hydrogens is 342 g/mol. The summed E-state index contributed by atoms with van der Waals surface area (Å²) in [6, 6.07) is 10.4. The minimum absolute atomic E-state index is 0.171. The van der Waals surface area contributed by atoms with Gasteiger partial charge in [-0.05, 0) is 30.3 Å². The standard InChI is InChI=1S/C17H17N3O6/c1-11(21)18-12-3-6-14(7-4-12)26-10-17(22)19-15-9-13(20(23)24)5-8-16(15)25-2/h3-9H,10H2,1-2H3,(H,18,21)(H,19,22). The van der Waals surface area contributed by atoms with E-state index < -0.39 is 10.8 Å². The molecule has 0 saturated heterocycles. The van der Waals surface area contributed by atoms with Gasteiger partial charge in [-0.1, -0.05) is 0 Å². The summed E-state index contributed by atoms with van der Waals surface area (Å²) in [4.78, 5) is 33.3. The van der Waals surface area contributed by atoms with Gasteiger partial charge < -0.3 is 20.1 Å². The molecule has 9 nitrogen and oxygen atoms in total. The van der Waals surface area contributed by atoms with Crippen LogP contribution in [0.5, 0.6) is 11.5 Å². The maximum Gasteiger partial charge on any atom is 0.271 e. The summed E-state index contributed by atoms with van der Waals surface area (Å²) in [5, 5.41) is 16.0. The molecule has 2 amide bonds. The molecule has 136 valence electrons. The van der Waals surface area contributed by atoms with Crippen molar-refractivity contribution in [2.75, 3.05) is 24.4 Å². The highest BCUT2D eigenvalue weighted by Crippen LogP contribution is 2.28. The monoisotopic (exact) mass is 359 g/mol. The van der Waals surface area contributed by atoms with Crippen molar-refractivity contribution < 1.29 is 24.0 Å². The zero-order valence-electron chi connectivity index (χ0n) is 14.1. The molecule has 0 unspecified atom stereocenters. The number of nitrogens with one attached hydrogen (secondary N) is 2. The Morgan fingerprint density at radius 2 is 1.81 bits per heavy atom. The largest absolute Gasteiger partial charge is 0.495 e. The first-order valence-corrected chi connectivity index (χ1v) is 7.52. The fourth-order valence-corrected chi connectivity index (χ4v) is 2.08. The van der Waals surface area contributed by atoms with Crippen molar-refractivity contribution in [3.05, 3.63) is 52.6 Å². The van der Waals surface area contributed by atoms with Gasteiger partial charge in [-0.3, -0.25) is 19.7 Å². The SMILES string of the molecule is COc1ccc([N+](=O)[O-])cc1NC(=O)COc1ccc(NC(C)=O)cc1. The van der Waals surface area contributed by atoms with Crippen LogP contribution in [0.3, 0.4) is 0 Å². The molecule has 0 aliphatic carbocycles. The van der Waals surface area contributed by atoms with Crippen molar-refractivity contribution in [2.24, 2.45) is 0 Å². The topological polar surface area (TPSA) is 120 Å². The van der Waals surface area contributed by atoms with Crippen molar-refractivity contribution in [3.63, 3.8) is 0 Å². The number of nitrogens with zero attached hydrogens (tertiary/aromatic N) is 1. The zero-order chi connectivity index (χ0) is 19.1. The number of carbonyl (C=O) groups is 2. The lowest BCUT2D eigenvalue weighted by molar-refractivity contribution is -0.384. The summed E-state index contributed by atoms with van der Waals surface area (Å²) in [5.41, 5.74) is 0.613. The number of methoxy groups -OCH3 is 1. The molecule has 2 rings (SSSR count). The number of benzene rings is 2. The van der Waals surface area contributed by atoms with Gasteiger partial charge in [-0.25, -0.2) is 0 Å². The van der Waals surface area contributed by atoms with Crippen molar-refractivity contribution >= 4 is 28.9 Å². The summed E-state index contributed by atoms with van der Waals surface area (Å²) >= 11 is 0. The third-order valence-corrected chi connectivity index (χ3v) is 3.21. The van der Waals surface area contributed by atoms with Gasteiger partial charge in [0.05, 0.1) is 17.7 Å². The van der Waals surface area contributed by atoms with Crippen LogP contribution in [0.1, 0.15) is 6.92 Å². The number of hydrogen-bond donors (Lipinski definition) is 2. The Bertz CT molecular complexity index is 820. The number of anilines is 2. The normalized spacial score (nSPS) is 9.92. The maximum absolute atomic E-state index is 12.0. The van der Waals surface area contributed by atoms with Crippen LogP contribution in [0.15, 0.2) is 42.5 Å². The van der Waals surface area contributed by atoms with E-state index in [0.29, 0.717) is 17.2 Å². The molecule has 0 heterocycles. The number of carbonyl (C=O) groups excluding carboxylic acids is 2. The van der Waals surface area contributed by atoms with Crippen LogP contribution in [-0.2, 0) is 9.59 Å². The summed E-state index contributed by atoms with van der Waals surface area (Å²) in [6.45, 7) is 1.10. The molecule has 0 aliphatic heterocycles. The van der Waals surface area contributed by atoms with Crippen molar-refractivity contribution in [1.82, 2.24) is 0 Å². The van der Waals surface area contributed by atoms with Crippen LogP contribution in [0, 0.1) is 10.1 Å². The molecule has 9 heteroatoms. The van der Waals surface area contributed by atoms with Crippen LogP contribution >= 0.6 is 0 Å². The molecule has 2 N–H and O–H groups in total. The lowest BCUT2D eigenvalue weighted by Crippen LogP contribution is -2.20. The highest BCUT2D eigenvalue weighted by molar-refractivity contribution is 5.93. The first-order chi connectivity index (χ1) is 12.4. The fraction of sp³-hybridized carbons (Fsp3) is 0.176. The number of ether oxygens (including phenoxy) is 2. The van der Waals surface area contributed by atoms with Crippen molar-refractivity contribution in [2.45, 2.75) is 6.92 Å². The van der Waals surface area contributed by atoms with Gasteiger partial charge in [0.25, 0.3) is 11.6 Å². The van der Waals surface area contributed by atoms with Gasteiger partial charge in [-0.2, -0.15) is 0 Å². The van der Waals surface area contributed by atoms with Crippen molar-refractivity contribution in [1.29, 1.82) is 0 Å². The Labute approximate surface area is 149 Å². The first-order valence-electron chi connectivity index (χ1n) is 7.52. The Morgan fingerprint density at radius 1 is 1.12 bits per heavy atom. The molecule has 0 aromatic heterocycles. The van der Waals surface area contributed by atoms with Crippen LogP contribution in [0.25, 0.3) is 0 Å². The molecular formula is C17H17N3O6. The van der Waals surface area contributed by atoms with E-state index in [9.17, 15) is 19.7 Å². The number of nitro groups is 1. The minimum atomic E-state index is -0.567. The van der Waals surface area contributed by atoms with Gasteiger partial charge in [0.1, 0.15) is 11.5 Å². The van der Waals surface area contributed by atoms with E-state index in [1.54, 1.807) is 24.3 Å². The van der Waals surface area contributed by atoms with E-state index in [1.165, 1.54) is 32.2 Å². The molecule has 0 saturated carbocycles. The predicted octanol–water partition coefficient (Wildman–Crippen LogP) is 2.58. The number of nitro benzene ring substituents is 1. The second-order valence-corrected chi connectivity index (χ2v) is 5.18. The van der Waals surface area contributed by atoms with E-state index in [1.807, 2.05) is 0 Å². The van der Waals surface area contributed by atoms with Gasteiger partial charge in [0, 0.05) is 24.7 Å². The quantitative estimate of drug-likeness (QED) is 0.579. The average molecular weight is 359 g/mol. The molecule has 0 bridgehead atoms. The minimum Gasteiger partial charge on any atom is -0.495 e. The third kappa shape index (κ3) is 5.20. The highest BCUT2D eigenvalue weighted by Gasteiger charge is 2.14. The maximum atomic E-state index is 12.0. The molecule has 2 aromatic rings. The van der Waals surface area contributed by atoms with Crippen LogP contribution < -0.4 is 20.1 Å². The Kier molecular flexibility index (Phi) is 6.10. The highest BCUT2D eigenvalue weighted by atomic mass is 16.6. The van der Waals surface area contributed by atoms with Crippen LogP contribution in [0.4, 0.5) is 17.1 Å². The third-order valence-electron chi connectivity index (χ3n) is 3.21. The van der Waals surface area contributed by atoms with E-state index in [-0.39, 0.29) is 23.9 Å². The summed E-state index contributed by atoms with van der Waals surface area (Å²) < 4.78 is 10.4. The second kappa shape index (κ2) is 8.47. The van der Waals surface area contributed by atoms with Gasteiger partial charge in [0.2, 0.25) is 5.91 Å². The first kappa shape index (κ1) is 18.7. The molecule has 0 spiro atoms. The lowest BCUT2D eigenvalue weighted by atomic mass is 10.2. The molecule has 0 radical (unpaired) electrons. The molecule has 26 heavy (non-hydrogen) atoms. The van der Waals surface area contributed by atoms with Crippen molar-refractivity contribution in [3.8, 4) is 11.5 Å². The summed E-state index contributed by atoms with van der Waals surface area (Å²) in [5.74, 6) is 0.0301. The summed E-state index contributed by atoms with van der Waals surface area (Å²) in [6.07, 6.45) is 0. The van der Waals surface area contributed by atoms with Crippen LogP contribution in [0.2, 0.25) is 0 Å². The second-order valence-electron chi connectivity index (χ2n) is 5.18. The van der Waals surface area contributed by atoms with E-state index in [4.69, 9.17) is 9.47 Å². The van der Waals surface area contributed by atoms with E-state index in [0.717, 1.165) is 0 Å². The predicted molar refractivity (Wildman–Crippen MR) is 94.5 cm³/mol. The van der Waals surface area contributed by atoms with Gasteiger partial charge >= 0.3 is 0 Å². The number of amides is 2. The molecule has 0 atom stereocenters. The average Bonchev–Trinajstić information content (AvgIpc) is 2.60. The zero-order valence-corrected chi connectivity index (χ0v) is 14.1. The van der Waals surface area contributed by atoms with Gasteiger partial charge in [0.15, 0.2) is 6.61 Å². The molecule has 0 fully saturated rings. The molecule has 0 aliphatic rings. The Morgan fingerprint density at radius 3 is 2.38 bits per heavy atom. The smallest absolute Gasteiger partial charge is 0.271 e. The lowest BCUT2D eigenvalue weighted by Gasteiger charge is -2.11. The van der Waals surface area contributed by atoms with Gasteiger partial charge in [-0.15, -0.1) is 0 Å². The number of rotatable bonds is 7. The summed E-state index contributed by atoms with van der Waals surface area (Å²) in [7, 11) is 1.39. The Hall–Kier alpha value is -3.62. The number of non-ortho nitro benzene ring substituents is 1. The Balaban J connectivity index is 1.97. The van der Waals surface area contributed by atoms with E-state index >= 15 is 0 Å². The van der Waals surface area contributed by atoms with Crippen LogP contribution in [-0.4, -0.2) is 30.5 Å².